The van der Waals surface area contributed by atoms with Crippen molar-refractivity contribution in [1.29, 1.82) is 0 Å². The number of aryl methyl sites for hydroxylation is 2. The van der Waals surface area contributed by atoms with Crippen molar-refractivity contribution < 1.29 is 0 Å². The first-order chi connectivity index (χ1) is 11.3. The van der Waals surface area contributed by atoms with Gasteiger partial charge in [-0.05, 0) is 26.0 Å². The Bertz CT molecular complexity index is 833. The number of hydrogen-bond donors (Lipinski definition) is 1. The molecular formula is C17H20N6. The fourth-order valence-corrected chi connectivity index (χ4v) is 3.22. The van der Waals surface area contributed by atoms with Crippen LogP contribution in [0, 0.1) is 13.8 Å². The highest BCUT2D eigenvalue weighted by atomic mass is 15.3. The Kier molecular flexibility index (Phi) is 3.46. The molecule has 1 N–H and O–H groups in total. The lowest BCUT2D eigenvalue weighted by atomic mass is 10.2. The lowest BCUT2D eigenvalue weighted by molar-refractivity contribution is 0.583. The van der Waals surface area contributed by atoms with E-state index in [0.717, 1.165) is 60.0 Å². The number of aromatic nitrogens is 4. The van der Waals surface area contributed by atoms with E-state index in [1.54, 1.807) is 0 Å². The molecular weight excluding hydrogens is 288 g/mol. The second-order valence-corrected chi connectivity index (χ2v) is 5.90. The van der Waals surface area contributed by atoms with Gasteiger partial charge in [0, 0.05) is 26.2 Å². The van der Waals surface area contributed by atoms with Gasteiger partial charge in [0.05, 0.1) is 22.5 Å². The van der Waals surface area contributed by atoms with Gasteiger partial charge in [-0.25, -0.2) is 4.68 Å². The molecule has 6 heteroatoms. The Hall–Kier alpha value is -2.47. The van der Waals surface area contributed by atoms with E-state index in [0.29, 0.717) is 0 Å². The molecule has 1 aliphatic rings. The van der Waals surface area contributed by atoms with Gasteiger partial charge in [0.15, 0.2) is 5.82 Å². The Labute approximate surface area is 135 Å². The van der Waals surface area contributed by atoms with Gasteiger partial charge < -0.3 is 10.2 Å². The van der Waals surface area contributed by atoms with Crippen LogP contribution >= 0.6 is 0 Å². The van der Waals surface area contributed by atoms with Gasteiger partial charge in [-0.3, -0.25) is 0 Å². The van der Waals surface area contributed by atoms with Crippen LogP contribution in [0.1, 0.15) is 11.4 Å². The summed E-state index contributed by atoms with van der Waals surface area (Å²) >= 11 is 0. The molecule has 118 valence electrons. The third kappa shape index (κ3) is 2.35. The molecule has 0 atom stereocenters. The summed E-state index contributed by atoms with van der Waals surface area (Å²) in [5.74, 6) is 0.893. The lowest BCUT2D eigenvalue weighted by Crippen LogP contribution is -2.44. The Morgan fingerprint density at radius 2 is 1.74 bits per heavy atom. The monoisotopic (exact) mass is 308 g/mol. The summed E-state index contributed by atoms with van der Waals surface area (Å²) in [6.45, 7) is 7.90. The highest BCUT2D eigenvalue weighted by Gasteiger charge is 2.21. The van der Waals surface area contributed by atoms with Crippen LogP contribution in [0.5, 0.6) is 0 Å². The van der Waals surface area contributed by atoms with Crippen molar-refractivity contribution in [2.75, 3.05) is 31.1 Å². The minimum Gasteiger partial charge on any atom is -0.351 e. The molecule has 0 bridgehead atoms. The molecule has 0 unspecified atom stereocenters. The molecule has 0 radical (unpaired) electrons. The summed E-state index contributed by atoms with van der Waals surface area (Å²) in [6, 6.07) is 10.2. The number of anilines is 1. The van der Waals surface area contributed by atoms with Crippen LogP contribution in [0.15, 0.2) is 30.3 Å². The third-order valence-electron chi connectivity index (χ3n) is 4.40. The minimum atomic E-state index is 0.893. The zero-order valence-electron chi connectivity index (χ0n) is 13.5. The smallest absolute Gasteiger partial charge is 0.179 e. The number of para-hydroxylation sites is 1. The first-order valence-corrected chi connectivity index (χ1v) is 7.99. The normalized spacial score (nSPS) is 15.3. The number of nitrogens with zero attached hydrogens (tertiary/aromatic N) is 5. The lowest BCUT2D eigenvalue weighted by Gasteiger charge is -2.28. The average molecular weight is 308 g/mol. The van der Waals surface area contributed by atoms with E-state index < -0.39 is 0 Å². The van der Waals surface area contributed by atoms with Gasteiger partial charge in [0.25, 0.3) is 0 Å². The zero-order chi connectivity index (χ0) is 15.8. The largest absolute Gasteiger partial charge is 0.351 e. The van der Waals surface area contributed by atoms with Crippen molar-refractivity contribution in [2.24, 2.45) is 0 Å². The maximum atomic E-state index is 4.87. The molecule has 4 rings (SSSR count). The third-order valence-corrected chi connectivity index (χ3v) is 4.40. The molecule has 1 aromatic carbocycles. The standard InChI is InChI=1S/C17H20N6/c1-12-15-13(2)23(14-6-4-3-5-7-14)21-16(15)17(20-19-12)22-10-8-18-9-11-22/h3-7,18H,8-11H2,1-2H3. The molecule has 0 spiro atoms. The Morgan fingerprint density at radius 3 is 2.48 bits per heavy atom. The van der Waals surface area contributed by atoms with Crippen molar-refractivity contribution in [1.82, 2.24) is 25.3 Å². The highest BCUT2D eigenvalue weighted by molar-refractivity contribution is 5.92. The molecule has 3 heterocycles. The van der Waals surface area contributed by atoms with Crippen LogP contribution in [0.4, 0.5) is 5.82 Å². The van der Waals surface area contributed by atoms with E-state index in [4.69, 9.17) is 5.10 Å². The summed E-state index contributed by atoms with van der Waals surface area (Å²) in [4.78, 5) is 2.27. The molecule has 0 amide bonds. The van der Waals surface area contributed by atoms with Crippen molar-refractivity contribution >= 4 is 16.7 Å². The minimum absolute atomic E-state index is 0.893. The molecule has 0 saturated carbocycles. The number of hydrogen-bond acceptors (Lipinski definition) is 5. The molecule has 23 heavy (non-hydrogen) atoms. The SMILES string of the molecule is Cc1nnc(N2CCNCC2)c2nn(-c3ccccc3)c(C)c12. The Balaban J connectivity index is 1.92. The van der Waals surface area contributed by atoms with Crippen LogP contribution in [-0.2, 0) is 0 Å². The first-order valence-electron chi connectivity index (χ1n) is 7.99. The molecule has 6 nitrogen and oxygen atoms in total. The van der Waals surface area contributed by atoms with Crippen molar-refractivity contribution in [3.63, 3.8) is 0 Å². The molecule has 2 aromatic heterocycles. The topological polar surface area (TPSA) is 58.9 Å². The number of rotatable bonds is 2. The van der Waals surface area contributed by atoms with Gasteiger partial charge in [-0.1, -0.05) is 18.2 Å². The molecule has 0 aliphatic carbocycles. The molecule has 1 fully saturated rings. The second kappa shape index (κ2) is 5.62. The van der Waals surface area contributed by atoms with E-state index >= 15 is 0 Å². The highest BCUT2D eigenvalue weighted by Crippen LogP contribution is 2.29. The quantitative estimate of drug-likeness (QED) is 0.783. The summed E-state index contributed by atoms with van der Waals surface area (Å²) < 4.78 is 1.99. The fourth-order valence-electron chi connectivity index (χ4n) is 3.22. The van der Waals surface area contributed by atoms with Crippen molar-refractivity contribution in [3.8, 4) is 5.69 Å². The predicted octanol–water partition coefficient (Wildman–Crippen LogP) is 1.84. The van der Waals surface area contributed by atoms with Gasteiger partial charge in [0.1, 0.15) is 5.52 Å². The number of benzene rings is 1. The van der Waals surface area contributed by atoms with Crippen LogP contribution in [0.2, 0.25) is 0 Å². The number of nitrogens with one attached hydrogen (secondary N) is 1. The molecule has 1 aliphatic heterocycles. The summed E-state index contributed by atoms with van der Waals surface area (Å²) in [5.41, 5.74) is 4.04. The predicted molar refractivity (Wildman–Crippen MR) is 91.2 cm³/mol. The van der Waals surface area contributed by atoms with Crippen LogP contribution in [0.25, 0.3) is 16.6 Å². The maximum Gasteiger partial charge on any atom is 0.179 e. The van der Waals surface area contributed by atoms with E-state index in [1.807, 2.05) is 29.8 Å². The van der Waals surface area contributed by atoms with E-state index in [1.165, 1.54) is 0 Å². The summed E-state index contributed by atoms with van der Waals surface area (Å²) in [6.07, 6.45) is 0. The van der Waals surface area contributed by atoms with Crippen molar-refractivity contribution in [2.45, 2.75) is 13.8 Å². The molecule has 3 aromatic rings. The van der Waals surface area contributed by atoms with Gasteiger partial charge in [0.2, 0.25) is 0 Å². The van der Waals surface area contributed by atoms with Crippen LogP contribution < -0.4 is 10.2 Å². The first kappa shape index (κ1) is 14.1. The zero-order valence-corrected chi connectivity index (χ0v) is 13.5. The second-order valence-electron chi connectivity index (χ2n) is 5.90. The van der Waals surface area contributed by atoms with Gasteiger partial charge >= 0.3 is 0 Å². The van der Waals surface area contributed by atoms with E-state index in [-0.39, 0.29) is 0 Å². The van der Waals surface area contributed by atoms with Gasteiger partial charge in [-0.2, -0.15) is 10.2 Å². The number of piperazine rings is 1. The summed E-state index contributed by atoms with van der Waals surface area (Å²) in [7, 11) is 0. The summed E-state index contributed by atoms with van der Waals surface area (Å²) in [5, 5.41) is 18.2. The van der Waals surface area contributed by atoms with E-state index in [9.17, 15) is 0 Å². The fraction of sp³-hybridized carbons (Fsp3) is 0.353. The average Bonchev–Trinajstić information content (AvgIpc) is 2.95. The van der Waals surface area contributed by atoms with Gasteiger partial charge in [-0.15, -0.1) is 5.10 Å². The Morgan fingerprint density at radius 1 is 1.00 bits per heavy atom. The van der Waals surface area contributed by atoms with Crippen LogP contribution in [-0.4, -0.2) is 46.2 Å². The maximum absolute atomic E-state index is 4.87. The van der Waals surface area contributed by atoms with E-state index in [2.05, 4.69) is 39.5 Å². The van der Waals surface area contributed by atoms with Crippen molar-refractivity contribution in [3.05, 3.63) is 41.7 Å². The van der Waals surface area contributed by atoms with Crippen LogP contribution in [0.3, 0.4) is 0 Å². The number of fused-ring (bicyclic) bond motifs is 1. The molecule has 1 saturated heterocycles.